The zero-order valence-electron chi connectivity index (χ0n) is 17.5. The maximum atomic E-state index is 13.5. The molecule has 7 heteroatoms. The Morgan fingerprint density at radius 2 is 1.77 bits per heavy atom. The van der Waals surface area contributed by atoms with Crippen LogP contribution in [-0.4, -0.2) is 20.0 Å². The Morgan fingerprint density at radius 3 is 2.35 bits per heavy atom. The molecule has 3 nitrogen and oxygen atoms in total. The van der Waals surface area contributed by atoms with Crippen molar-refractivity contribution in [2.75, 3.05) is 0 Å². The molecular formula is C24H26Cl3NO2S. The maximum Gasteiger partial charge on any atom is 0.265 e. The molecule has 0 saturated carbocycles. The van der Waals surface area contributed by atoms with E-state index in [-0.39, 0.29) is 0 Å². The SMILES string of the molecule is CCCC/C=C(\[C@H](/C=C/c1ccccc1)OC(=N)C(Cl)(Cl)Cl)S(=O)c1ccc(C)cc1. The molecule has 0 aliphatic rings. The number of benzene rings is 2. The third kappa shape index (κ3) is 8.46. The lowest BCUT2D eigenvalue weighted by molar-refractivity contribution is 0.270. The highest BCUT2D eigenvalue weighted by atomic mass is 35.6. The smallest absolute Gasteiger partial charge is 0.265 e. The predicted molar refractivity (Wildman–Crippen MR) is 134 cm³/mol. The second-order valence-corrected chi connectivity index (χ2v) is 10.7. The van der Waals surface area contributed by atoms with Crippen LogP contribution >= 0.6 is 34.8 Å². The molecule has 0 amide bonds. The summed E-state index contributed by atoms with van der Waals surface area (Å²) in [6.07, 6.45) is 7.32. The molecule has 0 aliphatic carbocycles. The van der Waals surface area contributed by atoms with Gasteiger partial charge in [0, 0.05) is 4.90 Å². The van der Waals surface area contributed by atoms with Crippen molar-refractivity contribution >= 4 is 57.6 Å². The highest BCUT2D eigenvalue weighted by Gasteiger charge is 2.32. The van der Waals surface area contributed by atoms with E-state index in [0.717, 1.165) is 30.4 Å². The van der Waals surface area contributed by atoms with Crippen LogP contribution in [0.25, 0.3) is 6.08 Å². The van der Waals surface area contributed by atoms with Gasteiger partial charge in [-0.25, -0.2) is 4.21 Å². The van der Waals surface area contributed by atoms with Crippen molar-refractivity contribution in [1.82, 2.24) is 0 Å². The molecular weight excluding hydrogens is 473 g/mol. The molecule has 0 bridgehead atoms. The molecule has 31 heavy (non-hydrogen) atoms. The second-order valence-electron chi connectivity index (χ2n) is 6.97. The number of hydrogen-bond donors (Lipinski definition) is 1. The number of halogens is 3. The molecule has 0 fully saturated rings. The van der Waals surface area contributed by atoms with Crippen molar-refractivity contribution in [2.24, 2.45) is 0 Å². The summed E-state index contributed by atoms with van der Waals surface area (Å²) in [6.45, 7) is 4.06. The van der Waals surface area contributed by atoms with Crippen molar-refractivity contribution in [3.05, 3.63) is 82.8 Å². The van der Waals surface area contributed by atoms with E-state index < -0.39 is 26.6 Å². The Kier molecular flexibility index (Phi) is 10.3. The normalized spacial score (nSPS) is 14.4. The van der Waals surface area contributed by atoms with Gasteiger partial charge < -0.3 is 4.74 Å². The lowest BCUT2D eigenvalue weighted by Gasteiger charge is -2.22. The van der Waals surface area contributed by atoms with Crippen LogP contribution in [0.15, 0.2) is 76.5 Å². The van der Waals surface area contributed by atoms with Gasteiger partial charge in [-0.15, -0.1) is 0 Å². The van der Waals surface area contributed by atoms with Crippen LogP contribution in [0.3, 0.4) is 0 Å². The number of hydrogen-bond acceptors (Lipinski definition) is 3. The maximum absolute atomic E-state index is 13.5. The molecule has 2 rings (SSSR count). The highest BCUT2D eigenvalue weighted by Crippen LogP contribution is 2.31. The van der Waals surface area contributed by atoms with Crippen LogP contribution in [0.4, 0.5) is 0 Å². The highest BCUT2D eigenvalue weighted by molar-refractivity contribution is 7.89. The molecule has 0 radical (unpaired) electrons. The lowest BCUT2D eigenvalue weighted by atomic mass is 10.1. The van der Waals surface area contributed by atoms with Crippen molar-refractivity contribution in [2.45, 2.75) is 47.9 Å². The van der Waals surface area contributed by atoms with Gasteiger partial charge in [-0.05, 0) is 37.1 Å². The van der Waals surface area contributed by atoms with Crippen LogP contribution in [0.5, 0.6) is 0 Å². The summed E-state index contributed by atoms with van der Waals surface area (Å²) < 4.78 is 17.2. The summed E-state index contributed by atoms with van der Waals surface area (Å²) in [5.74, 6) is -0.525. The van der Waals surface area contributed by atoms with E-state index in [4.69, 9.17) is 44.9 Å². The van der Waals surface area contributed by atoms with Crippen molar-refractivity contribution in [3.8, 4) is 0 Å². The number of nitrogens with one attached hydrogen (secondary N) is 1. The van der Waals surface area contributed by atoms with Gasteiger partial charge in [0.2, 0.25) is 5.90 Å². The first-order valence-corrected chi connectivity index (χ1v) is 12.2. The fourth-order valence-electron chi connectivity index (χ4n) is 2.69. The molecule has 2 aromatic rings. The minimum absolute atomic E-state index is 0.517. The summed E-state index contributed by atoms with van der Waals surface area (Å²) in [5, 5.41) is 8.06. The number of ether oxygens (including phenoxy) is 1. The van der Waals surface area contributed by atoms with E-state index in [1.54, 1.807) is 6.08 Å². The predicted octanol–water partition coefficient (Wildman–Crippen LogP) is 7.62. The quantitative estimate of drug-likeness (QED) is 0.167. The summed E-state index contributed by atoms with van der Waals surface area (Å²) in [4.78, 5) is 1.17. The summed E-state index contributed by atoms with van der Waals surface area (Å²) in [5.41, 5.74) is 2.01. The zero-order chi connectivity index (χ0) is 22.9. The molecule has 2 aromatic carbocycles. The Hall–Kier alpha value is -1.59. The Morgan fingerprint density at radius 1 is 1.13 bits per heavy atom. The fraction of sp³-hybridized carbons (Fsp3) is 0.292. The van der Waals surface area contributed by atoms with Crippen LogP contribution in [-0.2, 0) is 15.5 Å². The third-order valence-electron chi connectivity index (χ3n) is 4.40. The Labute approximate surface area is 202 Å². The molecule has 0 aromatic heterocycles. The van der Waals surface area contributed by atoms with Crippen LogP contribution < -0.4 is 0 Å². The van der Waals surface area contributed by atoms with Crippen LogP contribution in [0.2, 0.25) is 0 Å². The zero-order valence-corrected chi connectivity index (χ0v) is 20.6. The first-order valence-electron chi connectivity index (χ1n) is 9.96. The molecule has 0 spiro atoms. The fourth-order valence-corrected chi connectivity index (χ4v) is 4.09. The average Bonchev–Trinajstić information content (AvgIpc) is 2.74. The summed E-state index contributed by atoms with van der Waals surface area (Å²) >= 11 is 17.6. The number of unbranched alkanes of at least 4 members (excludes halogenated alkanes) is 2. The second kappa shape index (κ2) is 12.4. The minimum atomic E-state index is -2.02. The summed E-state index contributed by atoms with van der Waals surface area (Å²) in [7, 11) is -1.51. The topological polar surface area (TPSA) is 50.1 Å². The van der Waals surface area contributed by atoms with Gasteiger partial charge in [-0.2, -0.15) is 0 Å². The summed E-state index contributed by atoms with van der Waals surface area (Å²) in [6, 6.07) is 17.1. The van der Waals surface area contributed by atoms with E-state index >= 15 is 0 Å². The molecule has 0 saturated heterocycles. The van der Waals surface area contributed by atoms with Gasteiger partial charge in [0.05, 0.1) is 15.7 Å². The molecule has 1 N–H and O–H groups in total. The van der Waals surface area contributed by atoms with Crippen molar-refractivity contribution in [3.63, 3.8) is 0 Å². The number of alkyl halides is 3. The Balaban J connectivity index is 2.46. The molecule has 0 aliphatic heterocycles. The van der Waals surface area contributed by atoms with E-state index in [9.17, 15) is 4.21 Å². The third-order valence-corrected chi connectivity index (χ3v) is 6.44. The first-order chi connectivity index (χ1) is 14.7. The number of allylic oxidation sites excluding steroid dienone is 1. The van der Waals surface area contributed by atoms with Crippen molar-refractivity contribution < 1.29 is 8.95 Å². The molecule has 166 valence electrons. The largest absolute Gasteiger partial charge is 0.465 e. The van der Waals surface area contributed by atoms with Crippen LogP contribution in [0.1, 0.15) is 37.3 Å². The van der Waals surface area contributed by atoms with Gasteiger partial charge in [-0.3, -0.25) is 5.41 Å². The lowest BCUT2D eigenvalue weighted by Crippen LogP contribution is -2.28. The standard InChI is InChI=1S/C24H26Cl3NO2S/c1-3-4-6-11-22(31(29)20-15-12-18(2)13-16-20)21(30-23(28)24(25,26)27)17-14-19-9-7-5-8-10-19/h5,7-17,21,28H,3-4,6H2,1-2H3/b17-14+,22-11+,28-23?/t21-,31?/m0/s1. The van der Waals surface area contributed by atoms with Gasteiger partial charge in [0.25, 0.3) is 3.79 Å². The molecule has 2 atom stereocenters. The molecule has 0 heterocycles. The monoisotopic (exact) mass is 497 g/mol. The van der Waals surface area contributed by atoms with E-state index in [1.807, 2.05) is 73.7 Å². The van der Waals surface area contributed by atoms with E-state index in [2.05, 4.69) is 6.92 Å². The first kappa shape index (κ1) is 25.7. The molecule has 1 unspecified atom stereocenters. The van der Waals surface area contributed by atoms with Gasteiger partial charge in [0.1, 0.15) is 0 Å². The number of aryl methyl sites for hydroxylation is 1. The van der Waals surface area contributed by atoms with Crippen LogP contribution in [0, 0.1) is 12.3 Å². The van der Waals surface area contributed by atoms with Gasteiger partial charge in [-0.1, -0.05) is 115 Å². The Bertz CT molecular complexity index is 936. The minimum Gasteiger partial charge on any atom is -0.465 e. The van der Waals surface area contributed by atoms with E-state index in [0.29, 0.717) is 9.80 Å². The number of rotatable bonds is 9. The van der Waals surface area contributed by atoms with E-state index in [1.165, 1.54) is 0 Å². The average molecular weight is 499 g/mol. The van der Waals surface area contributed by atoms with Crippen molar-refractivity contribution in [1.29, 1.82) is 5.41 Å². The van der Waals surface area contributed by atoms with Gasteiger partial charge >= 0.3 is 0 Å². The van der Waals surface area contributed by atoms with Gasteiger partial charge in [0.15, 0.2) is 6.10 Å².